The molecule has 0 unspecified atom stereocenters. The van der Waals surface area contributed by atoms with Crippen LogP contribution >= 0.6 is 0 Å². The summed E-state index contributed by atoms with van der Waals surface area (Å²) < 4.78 is 0. The van der Waals surface area contributed by atoms with Crippen molar-refractivity contribution in [3.63, 3.8) is 0 Å². The van der Waals surface area contributed by atoms with Gasteiger partial charge in [-0.15, -0.1) is 0 Å². The van der Waals surface area contributed by atoms with Crippen molar-refractivity contribution in [3.05, 3.63) is 29.6 Å². The topological polar surface area (TPSA) is 62.2 Å². The minimum Gasteiger partial charge on any atom is -0.396 e. The van der Waals surface area contributed by atoms with Crippen molar-refractivity contribution in [3.8, 4) is 0 Å². The van der Waals surface area contributed by atoms with E-state index in [0.717, 1.165) is 5.56 Å². The van der Waals surface area contributed by atoms with Crippen LogP contribution in [0.3, 0.4) is 0 Å². The maximum atomic E-state index is 11.4. The third kappa shape index (κ3) is 3.14. The second-order valence-corrected chi connectivity index (χ2v) is 3.08. The van der Waals surface area contributed by atoms with Gasteiger partial charge in [-0.1, -0.05) is 0 Å². The Labute approximate surface area is 83.0 Å². The highest BCUT2D eigenvalue weighted by Gasteiger charge is 2.04. The number of aliphatic hydroxyl groups is 1. The lowest BCUT2D eigenvalue weighted by atomic mass is 10.2. The Kier molecular flexibility index (Phi) is 4.07. The molecule has 1 aromatic rings. The normalized spacial score (nSPS) is 9.86. The van der Waals surface area contributed by atoms with Crippen LogP contribution in [0.25, 0.3) is 0 Å². The Balaban J connectivity index is 2.52. The summed E-state index contributed by atoms with van der Waals surface area (Å²) in [7, 11) is 0. The van der Waals surface area contributed by atoms with Gasteiger partial charge in [-0.05, 0) is 25.0 Å². The van der Waals surface area contributed by atoms with Gasteiger partial charge in [0, 0.05) is 25.5 Å². The van der Waals surface area contributed by atoms with Crippen molar-refractivity contribution < 1.29 is 9.90 Å². The van der Waals surface area contributed by atoms with Crippen LogP contribution in [0, 0.1) is 6.92 Å². The van der Waals surface area contributed by atoms with E-state index in [1.165, 1.54) is 6.20 Å². The van der Waals surface area contributed by atoms with Crippen molar-refractivity contribution in [1.82, 2.24) is 10.3 Å². The van der Waals surface area contributed by atoms with Gasteiger partial charge in [-0.2, -0.15) is 0 Å². The summed E-state index contributed by atoms with van der Waals surface area (Å²) in [5.74, 6) is -0.144. The highest BCUT2D eigenvalue weighted by atomic mass is 16.3. The van der Waals surface area contributed by atoms with Gasteiger partial charge >= 0.3 is 0 Å². The number of nitrogens with one attached hydrogen (secondary N) is 1. The molecule has 0 aliphatic heterocycles. The number of aliphatic hydroxyl groups excluding tert-OH is 1. The zero-order valence-corrected chi connectivity index (χ0v) is 8.16. The standard InChI is InChI=1S/C10H14N2O2/c1-8-5-9(7-11-6-8)10(14)12-3-2-4-13/h5-7,13H,2-4H2,1H3,(H,12,14). The largest absolute Gasteiger partial charge is 0.396 e. The Hall–Kier alpha value is -1.42. The first-order valence-electron chi connectivity index (χ1n) is 4.55. The molecule has 0 atom stereocenters. The summed E-state index contributed by atoms with van der Waals surface area (Å²) in [4.78, 5) is 15.4. The summed E-state index contributed by atoms with van der Waals surface area (Å²) in [5, 5.41) is 11.2. The molecular weight excluding hydrogens is 180 g/mol. The molecule has 14 heavy (non-hydrogen) atoms. The van der Waals surface area contributed by atoms with Gasteiger partial charge in [0.15, 0.2) is 0 Å². The molecule has 1 rings (SSSR count). The molecule has 0 aromatic carbocycles. The molecule has 1 amide bonds. The van der Waals surface area contributed by atoms with Crippen molar-refractivity contribution >= 4 is 5.91 Å². The Morgan fingerprint density at radius 1 is 1.57 bits per heavy atom. The van der Waals surface area contributed by atoms with Crippen LogP contribution in [-0.4, -0.2) is 29.1 Å². The number of amides is 1. The molecule has 0 aliphatic carbocycles. The molecule has 0 spiro atoms. The fourth-order valence-electron chi connectivity index (χ4n) is 1.06. The minimum absolute atomic E-state index is 0.0896. The number of hydrogen-bond donors (Lipinski definition) is 2. The van der Waals surface area contributed by atoms with E-state index in [-0.39, 0.29) is 12.5 Å². The molecule has 76 valence electrons. The summed E-state index contributed by atoms with van der Waals surface area (Å²) in [6.07, 6.45) is 3.80. The van der Waals surface area contributed by atoms with Crippen molar-refractivity contribution in [2.45, 2.75) is 13.3 Å². The summed E-state index contributed by atoms with van der Waals surface area (Å²) in [6, 6.07) is 1.78. The molecule has 4 nitrogen and oxygen atoms in total. The van der Waals surface area contributed by atoms with Crippen LogP contribution in [0.15, 0.2) is 18.5 Å². The van der Waals surface area contributed by atoms with E-state index in [2.05, 4.69) is 10.3 Å². The molecule has 0 bridgehead atoms. The number of rotatable bonds is 4. The van der Waals surface area contributed by atoms with E-state index < -0.39 is 0 Å². The molecule has 2 N–H and O–H groups in total. The van der Waals surface area contributed by atoms with E-state index in [0.29, 0.717) is 18.5 Å². The lowest BCUT2D eigenvalue weighted by Gasteiger charge is -2.03. The van der Waals surface area contributed by atoms with Gasteiger partial charge in [0.25, 0.3) is 5.91 Å². The molecule has 0 fully saturated rings. The lowest BCUT2D eigenvalue weighted by molar-refractivity contribution is 0.0950. The minimum atomic E-state index is -0.144. The molecule has 4 heteroatoms. The number of carbonyl (C=O) groups excluding carboxylic acids is 1. The fourth-order valence-corrected chi connectivity index (χ4v) is 1.06. The highest BCUT2D eigenvalue weighted by Crippen LogP contribution is 2.00. The number of carbonyl (C=O) groups is 1. The monoisotopic (exact) mass is 194 g/mol. The number of aromatic nitrogens is 1. The van der Waals surface area contributed by atoms with E-state index in [4.69, 9.17) is 5.11 Å². The van der Waals surface area contributed by atoms with Crippen molar-refractivity contribution in [2.75, 3.05) is 13.2 Å². The number of nitrogens with zero attached hydrogens (tertiary/aromatic N) is 1. The number of pyridine rings is 1. The molecule has 0 radical (unpaired) electrons. The molecule has 1 aromatic heterocycles. The van der Waals surface area contributed by atoms with Crippen molar-refractivity contribution in [1.29, 1.82) is 0 Å². The SMILES string of the molecule is Cc1cncc(C(=O)NCCCO)c1. The van der Waals surface area contributed by atoms with Crippen LogP contribution in [0.2, 0.25) is 0 Å². The molecule has 1 heterocycles. The van der Waals surface area contributed by atoms with Gasteiger partial charge in [-0.25, -0.2) is 0 Å². The van der Waals surface area contributed by atoms with E-state index >= 15 is 0 Å². The van der Waals surface area contributed by atoms with Crippen molar-refractivity contribution in [2.24, 2.45) is 0 Å². The second kappa shape index (κ2) is 5.34. The maximum absolute atomic E-state index is 11.4. The van der Waals surface area contributed by atoms with Gasteiger partial charge < -0.3 is 10.4 Å². The van der Waals surface area contributed by atoms with Gasteiger partial charge in [0.2, 0.25) is 0 Å². The maximum Gasteiger partial charge on any atom is 0.252 e. The third-order valence-electron chi connectivity index (χ3n) is 1.76. The average Bonchev–Trinajstić information content (AvgIpc) is 2.18. The first-order chi connectivity index (χ1) is 6.74. The van der Waals surface area contributed by atoms with E-state index in [1.807, 2.05) is 6.92 Å². The summed E-state index contributed by atoms with van der Waals surface area (Å²) >= 11 is 0. The third-order valence-corrected chi connectivity index (χ3v) is 1.76. The first-order valence-corrected chi connectivity index (χ1v) is 4.55. The van der Waals surface area contributed by atoms with Crippen LogP contribution in [-0.2, 0) is 0 Å². The van der Waals surface area contributed by atoms with E-state index in [1.54, 1.807) is 12.3 Å². The van der Waals surface area contributed by atoms with Crippen LogP contribution in [0.4, 0.5) is 0 Å². The smallest absolute Gasteiger partial charge is 0.252 e. The number of hydrogen-bond acceptors (Lipinski definition) is 3. The Bertz CT molecular complexity index is 313. The van der Waals surface area contributed by atoms with Gasteiger partial charge in [-0.3, -0.25) is 9.78 Å². The summed E-state index contributed by atoms with van der Waals surface area (Å²) in [6.45, 7) is 2.47. The Morgan fingerprint density at radius 3 is 3.00 bits per heavy atom. The van der Waals surface area contributed by atoms with E-state index in [9.17, 15) is 4.79 Å². The highest BCUT2D eigenvalue weighted by molar-refractivity contribution is 5.93. The number of aryl methyl sites for hydroxylation is 1. The molecular formula is C10H14N2O2. The zero-order chi connectivity index (χ0) is 10.4. The molecule has 0 saturated heterocycles. The quantitative estimate of drug-likeness (QED) is 0.686. The first kappa shape index (κ1) is 10.7. The fraction of sp³-hybridized carbons (Fsp3) is 0.400. The molecule has 0 aliphatic rings. The second-order valence-electron chi connectivity index (χ2n) is 3.08. The Morgan fingerprint density at radius 2 is 2.36 bits per heavy atom. The predicted octanol–water partition coefficient (Wildman–Crippen LogP) is 0.502. The zero-order valence-electron chi connectivity index (χ0n) is 8.16. The molecule has 0 saturated carbocycles. The predicted molar refractivity (Wildman–Crippen MR) is 53.0 cm³/mol. The van der Waals surface area contributed by atoms with Crippen LogP contribution in [0.1, 0.15) is 22.3 Å². The average molecular weight is 194 g/mol. The van der Waals surface area contributed by atoms with Crippen LogP contribution in [0.5, 0.6) is 0 Å². The lowest BCUT2D eigenvalue weighted by Crippen LogP contribution is -2.25. The van der Waals surface area contributed by atoms with Crippen LogP contribution < -0.4 is 5.32 Å². The van der Waals surface area contributed by atoms with Gasteiger partial charge in [0.1, 0.15) is 0 Å². The summed E-state index contributed by atoms with van der Waals surface area (Å²) in [5.41, 5.74) is 1.52. The van der Waals surface area contributed by atoms with Gasteiger partial charge in [0.05, 0.1) is 5.56 Å².